The Balaban J connectivity index is 1.79. The first-order chi connectivity index (χ1) is 13.0. The number of thioether (sulfide) groups is 1. The molecule has 2 rings (SSSR count). The molecule has 1 heterocycles. The van der Waals surface area contributed by atoms with Crippen molar-refractivity contribution >= 4 is 29.3 Å². The maximum atomic E-state index is 12.0. The average Bonchev–Trinajstić information content (AvgIpc) is 3.01. The summed E-state index contributed by atoms with van der Waals surface area (Å²) in [6.45, 7) is 7.07. The minimum atomic E-state index is -0.409. The summed E-state index contributed by atoms with van der Waals surface area (Å²) in [5, 5.41) is 3.49. The molecule has 148 valence electrons. The zero-order valence-corrected chi connectivity index (χ0v) is 17.4. The molecule has 27 heavy (non-hydrogen) atoms. The molecule has 0 saturated heterocycles. The maximum Gasteiger partial charge on any atom is 0.230 e. The Bertz CT molecular complexity index is 715. The summed E-state index contributed by atoms with van der Waals surface area (Å²) in [5.41, 5.74) is 1.70. The van der Waals surface area contributed by atoms with Gasteiger partial charge in [0.05, 0.1) is 18.0 Å². The molecule has 0 atom stereocenters. The molecule has 8 heteroatoms. The van der Waals surface area contributed by atoms with E-state index in [1.165, 1.54) is 11.8 Å². The zero-order valence-electron chi connectivity index (χ0n) is 15.8. The van der Waals surface area contributed by atoms with Crippen LogP contribution >= 0.6 is 23.4 Å². The highest BCUT2D eigenvalue weighted by molar-refractivity contribution is 7.99. The number of benzene rings is 1. The Labute approximate surface area is 169 Å². The van der Waals surface area contributed by atoms with E-state index in [4.69, 9.17) is 25.5 Å². The molecule has 0 saturated carbocycles. The Hall–Kier alpha value is -1.54. The number of ether oxygens (including phenoxy) is 2. The van der Waals surface area contributed by atoms with Crippen molar-refractivity contribution in [1.82, 2.24) is 10.3 Å². The van der Waals surface area contributed by atoms with Crippen molar-refractivity contribution in [1.29, 1.82) is 0 Å². The topological polar surface area (TPSA) is 73.6 Å². The normalized spacial score (nSPS) is 11.1. The molecule has 1 aromatic heterocycles. The standard InChI is InChI=1S/C19H25ClN2O4S/c1-4-24-18(25-5-2)10-21-17(23)12-27-11-16-13(3)26-19(22-16)14-6-8-15(20)9-7-14/h6-9,18H,4-5,10-12H2,1-3H3,(H,21,23). The quantitative estimate of drug-likeness (QED) is 0.561. The lowest BCUT2D eigenvalue weighted by Gasteiger charge is -2.17. The van der Waals surface area contributed by atoms with E-state index in [0.717, 1.165) is 17.0 Å². The van der Waals surface area contributed by atoms with Gasteiger partial charge in [0, 0.05) is 29.6 Å². The van der Waals surface area contributed by atoms with Crippen molar-refractivity contribution < 1.29 is 18.7 Å². The number of hydrogen-bond donors (Lipinski definition) is 1. The Kier molecular flexibility index (Phi) is 9.14. The molecule has 6 nitrogen and oxygen atoms in total. The second kappa shape index (κ2) is 11.3. The maximum absolute atomic E-state index is 12.0. The van der Waals surface area contributed by atoms with Crippen LogP contribution in [0.5, 0.6) is 0 Å². The molecular formula is C19H25ClN2O4S. The molecule has 0 radical (unpaired) electrons. The molecule has 2 aromatic rings. The van der Waals surface area contributed by atoms with E-state index >= 15 is 0 Å². The molecule has 1 amide bonds. The van der Waals surface area contributed by atoms with Crippen LogP contribution in [0.3, 0.4) is 0 Å². The van der Waals surface area contributed by atoms with Gasteiger partial charge in [0.1, 0.15) is 5.76 Å². The first-order valence-corrected chi connectivity index (χ1v) is 10.4. The van der Waals surface area contributed by atoms with E-state index < -0.39 is 6.29 Å². The van der Waals surface area contributed by atoms with Crippen LogP contribution in [0.15, 0.2) is 28.7 Å². The van der Waals surface area contributed by atoms with Gasteiger partial charge in [-0.1, -0.05) is 11.6 Å². The van der Waals surface area contributed by atoms with Crippen LogP contribution in [-0.4, -0.2) is 42.7 Å². The van der Waals surface area contributed by atoms with Gasteiger partial charge in [0.2, 0.25) is 11.8 Å². The van der Waals surface area contributed by atoms with E-state index in [-0.39, 0.29) is 5.91 Å². The molecule has 0 aliphatic rings. The molecule has 0 spiro atoms. The van der Waals surface area contributed by atoms with Gasteiger partial charge < -0.3 is 19.2 Å². The molecule has 1 N–H and O–H groups in total. The monoisotopic (exact) mass is 412 g/mol. The highest BCUT2D eigenvalue weighted by atomic mass is 35.5. The van der Waals surface area contributed by atoms with Crippen LogP contribution in [0.25, 0.3) is 11.5 Å². The SMILES string of the molecule is CCOC(CNC(=O)CSCc1nc(-c2ccc(Cl)cc2)oc1C)OCC. The summed E-state index contributed by atoms with van der Waals surface area (Å²) in [5.74, 6) is 2.16. The van der Waals surface area contributed by atoms with Crippen molar-refractivity contribution in [3.8, 4) is 11.5 Å². The van der Waals surface area contributed by atoms with Gasteiger partial charge in [0.15, 0.2) is 6.29 Å². The van der Waals surface area contributed by atoms with Crippen molar-refractivity contribution in [3.63, 3.8) is 0 Å². The number of oxazole rings is 1. The highest BCUT2D eigenvalue weighted by Gasteiger charge is 2.13. The molecule has 0 unspecified atom stereocenters. The predicted octanol–water partition coefficient (Wildman–Crippen LogP) is 4.05. The summed E-state index contributed by atoms with van der Waals surface area (Å²) in [4.78, 5) is 16.5. The Morgan fingerprint density at radius 2 is 1.93 bits per heavy atom. The average molecular weight is 413 g/mol. The summed E-state index contributed by atoms with van der Waals surface area (Å²) in [6, 6.07) is 7.33. The minimum absolute atomic E-state index is 0.0662. The summed E-state index contributed by atoms with van der Waals surface area (Å²) in [7, 11) is 0. The number of aromatic nitrogens is 1. The number of nitrogens with one attached hydrogen (secondary N) is 1. The van der Waals surface area contributed by atoms with Gasteiger partial charge >= 0.3 is 0 Å². The minimum Gasteiger partial charge on any atom is -0.441 e. The van der Waals surface area contributed by atoms with Crippen LogP contribution in [-0.2, 0) is 20.0 Å². The molecule has 0 aliphatic carbocycles. The largest absolute Gasteiger partial charge is 0.441 e. The number of amides is 1. The third-order valence-electron chi connectivity index (χ3n) is 3.63. The summed E-state index contributed by atoms with van der Waals surface area (Å²) >= 11 is 7.39. The first-order valence-electron chi connectivity index (χ1n) is 8.83. The van der Waals surface area contributed by atoms with Gasteiger partial charge in [-0.25, -0.2) is 4.98 Å². The van der Waals surface area contributed by atoms with Crippen LogP contribution in [0, 0.1) is 6.92 Å². The number of carbonyl (C=O) groups is 1. The van der Waals surface area contributed by atoms with Crippen molar-refractivity contribution in [2.75, 3.05) is 25.5 Å². The van der Waals surface area contributed by atoms with Gasteiger partial charge in [-0.2, -0.15) is 0 Å². The number of hydrogen-bond acceptors (Lipinski definition) is 6. The van der Waals surface area contributed by atoms with Crippen molar-refractivity contribution in [2.45, 2.75) is 32.8 Å². The fourth-order valence-corrected chi connectivity index (χ4v) is 3.28. The molecule has 0 bridgehead atoms. The Morgan fingerprint density at radius 1 is 1.26 bits per heavy atom. The number of halogens is 1. The predicted molar refractivity (Wildman–Crippen MR) is 108 cm³/mol. The van der Waals surface area contributed by atoms with E-state index in [9.17, 15) is 4.79 Å². The second-order valence-electron chi connectivity index (χ2n) is 5.67. The fraction of sp³-hybridized carbons (Fsp3) is 0.474. The second-order valence-corrected chi connectivity index (χ2v) is 7.09. The van der Waals surface area contributed by atoms with Gasteiger partial charge in [-0.3, -0.25) is 4.79 Å². The zero-order chi connectivity index (χ0) is 19.6. The lowest BCUT2D eigenvalue weighted by molar-refractivity contribution is -0.139. The van der Waals surface area contributed by atoms with E-state index in [1.807, 2.05) is 32.9 Å². The molecule has 0 fully saturated rings. The third kappa shape index (κ3) is 7.18. The lowest BCUT2D eigenvalue weighted by Crippen LogP contribution is -2.36. The highest BCUT2D eigenvalue weighted by Crippen LogP contribution is 2.25. The molecule has 1 aromatic carbocycles. The number of carbonyl (C=O) groups excluding carboxylic acids is 1. The van der Waals surface area contributed by atoms with Gasteiger partial charge in [0.25, 0.3) is 0 Å². The van der Waals surface area contributed by atoms with Crippen LogP contribution in [0.2, 0.25) is 5.02 Å². The van der Waals surface area contributed by atoms with E-state index in [0.29, 0.717) is 42.2 Å². The first kappa shape index (κ1) is 21.8. The number of rotatable bonds is 11. The van der Waals surface area contributed by atoms with Crippen LogP contribution < -0.4 is 5.32 Å². The Morgan fingerprint density at radius 3 is 2.56 bits per heavy atom. The number of nitrogens with zero attached hydrogens (tertiary/aromatic N) is 1. The number of aryl methyl sites for hydroxylation is 1. The van der Waals surface area contributed by atoms with Gasteiger partial charge in [-0.05, 0) is 45.0 Å². The van der Waals surface area contributed by atoms with Gasteiger partial charge in [-0.15, -0.1) is 11.8 Å². The van der Waals surface area contributed by atoms with Crippen LogP contribution in [0.1, 0.15) is 25.3 Å². The molecule has 0 aliphatic heterocycles. The van der Waals surface area contributed by atoms with E-state index in [2.05, 4.69) is 10.3 Å². The lowest BCUT2D eigenvalue weighted by atomic mass is 10.2. The van der Waals surface area contributed by atoms with E-state index in [1.54, 1.807) is 12.1 Å². The fourth-order valence-electron chi connectivity index (χ4n) is 2.30. The molecular weight excluding hydrogens is 388 g/mol. The van der Waals surface area contributed by atoms with Crippen LogP contribution in [0.4, 0.5) is 0 Å². The summed E-state index contributed by atoms with van der Waals surface area (Å²) in [6.07, 6.45) is -0.409. The smallest absolute Gasteiger partial charge is 0.230 e. The summed E-state index contributed by atoms with van der Waals surface area (Å²) < 4.78 is 16.5. The third-order valence-corrected chi connectivity index (χ3v) is 4.82. The van der Waals surface area contributed by atoms with Crippen molar-refractivity contribution in [2.24, 2.45) is 0 Å². The van der Waals surface area contributed by atoms with Crippen molar-refractivity contribution in [3.05, 3.63) is 40.7 Å².